The van der Waals surface area contributed by atoms with Crippen LogP contribution in [0, 0.1) is 5.92 Å². The Morgan fingerprint density at radius 3 is 2.35 bits per heavy atom. The molecule has 0 fully saturated rings. The number of amides is 1. The number of hydrogen-bond acceptors (Lipinski definition) is 5. The molecule has 0 saturated heterocycles. The summed E-state index contributed by atoms with van der Waals surface area (Å²) >= 11 is 0. The van der Waals surface area contributed by atoms with Gasteiger partial charge in [0.05, 0.1) is 13.2 Å². The number of phosphoric acid groups is 1. The zero-order valence-corrected chi connectivity index (χ0v) is 13.9. The molecule has 7 heteroatoms. The van der Waals surface area contributed by atoms with Crippen LogP contribution in [0.3, 0.4) is 0 Å². The van der Waals surface area contributed by atoms with E-state index in [1.165, 1.54) is 7.11 Å². The second kappa shape index (κ2) is 11.3. The highest BCUT2D eigenvalue weighted by molar-refractivity contribution is 7.48. The van der Waals surface area contributed by atoms with Crippen LogP contribution < -0.4 is 5.32 Å². The molecular weight excluding hydrogens is 281 g/mol. The Labute approximate surface area is 122 Å². The van der Waals surface area contributed by atoms with E-state index in [-0.39, 0.29) is 11.8 Å². The summed E-state index contributed by atoms with van der Waals surface area (Å²) in [6.07, 6.45) is 3.67. The van der Waals surface area contributed by atoms with Crippen molar-refractivity contribution < 1.29 is 22.9 Å². The van der Waals surface area contributed by atoms with Crippen molar-refractivity contribution in [2.24, 2.45) is 5.92 Å². The van der Waals surface area contributed by atoms with Crippen LogP contribution in [0.1, 0.15) is 46.5 Å². The van der Waals surface area contributed by atoms with Crippen molar-refractivity contribution in [3.8, 4) is 0 Å². The summed E-state index contributed by atoms with van der Waals surface area (Å²) in [5.74, 6) is 0.122. The van der Waals surface area contributed by atoms with Crippen molar-refractivity contribution in [1.82, 2.24) is 5.32 Å². The van der Waals surface area contributed by atoms with Gasteiger partial charge in [0.25, 0.3) is 0 Å². The highest BCUT2D eigenvalue weighted by atomic mass is 31.2. The average Bonchev–Trinajstić information content (AvgIpc) is 2.41. The van der Waals surface area contributed by atoms with Crippen molar-refractivity contribution >= 4 is 13.7 Å². The zero-order chi connectivity index (χ0) is 15.4. The van der Waals surface area contributed by atoms with Gasteiger partial charge in [0.15, 0.2) is 0 Å². The number of hydrogen-bond donors (Lipinski definition) is 1. The zero-order valence-electron chi connectivity index (χ0n) is 13.0. The Bertz CT molecular complexity index is 309. The number of nitrogens with one attached hydrogen (secondary N) is 1. The minimum atomic E-state index is -3.34. The molecule has 1 atom stereocenters. The number of phosphoric ester groups is 1. The summed E-state index contributed by atoms with van der Waals surface area (Å²) in [7, 11) is -2.03. The third-order valence-corrected chi connectivity index (χ3v) is 4.18. The van der Waals surface area contributed by atoms with E-state index in [1.807, 2.05) is 13.8 Å². The van der Waals surface area contributed by atoms with E-state index in [0.29, 0.717) is 19.8 Å². The molecule has 0 aliphatic heterocycles. The Morgan fingerprint density at radius 2 is 1.80 bits per heavy atom. The van der Waals surface area contributed by atoms with Crippen LogP contribution in [0.15, 0.2) is 0 Å². The molecule has 0 aliphatic carbocycles. The van der Waals surface area contributed by atoms with Crippen molar-refractivity contribution in [3.63, 3.8) is 0 Å². The normalized spacial score (nSPS) is 14.2. The fourth-order valence-corrected chi connectivity index (χ4v) is 2.43. The molecule has 0 aromatic heterocycles. The number of carbonyl (C=O) groups is 1. The predicted octanol–water partition coefficient (Wildman–Crippen LogP) is 3.13. The molecule has 6 nitrogen and oxygen atoms in total. The number of rotatable bonds is 12. The minimum Gasteiger partial charge on any atom is -0.356 e. The highest BCUT2D eigenvalue weighted by Crippen LogP contribution is 2.48. The van der Waals surface area contributed by atoms with Crippen LogP contribution in [-0.2, 0) is 22.9 Å². The van der Waals surface area contributed by atoms with Gasteiger partial charge < -0.3 is 5.32 Å². The fraction of sp³-hybridized carbons (Fsp3) is 0.923. The molecule has 0 radical (unpaired) electrons. The monoisotopic (exact) mass is 309 g/mol. The molecule has 20 heavy (non-hydrogen) atoms. The van der Waals surface area contributed by atoms with E-state index < -0.39 is 7.82 Å². The molecule has 120 valence electrons. The molecular formula is C13H28NO5P. The molecule has 1 amide bonds. The van der Waals surface area contributed by atoms with Crippen LogP contribution in [0.25, 0.3) is 0 Å². The maximum Gasteiger partial charge on any atom is 0.474 e. The molecule has 1 unspecified atom stereocenters. The molecule has 0 saturated carbocycles. The first-order valence-corrected chi connectivity index (χ1v) is 8.63. The maximum absolute atomic E-state index is 11.7. The minimum absolute atomic E-state index is 0.0325. The largest absolute Gasteiger partial charge is 0.474 e. The van der Waals surface area contributed by atoms with Crippen LogP contribution in [-0.4, -0.2) is 32.8 Å². The first kappa shape index (κ1) is 19.6. The Balaban J connectivity index is 3.49. The first-order valence-electron chi connectivity index (χ1n) is 7.17. The van der Waals surface area contributed by atoms with E-state index >= 15 is 0 Å². The van der Waals surface area contributed by atoms with Gasteiger partial charge in [-0.25, -0.2) is 4.57 Å². The van der Waals surface area contributed by atoms with Crippen LogP contribution >= 0.6 is 7.82 Å². The SMILES string of the molecule is CCOP(=O)(OC)OCCCCCCNC(=O)C(C)C. The number of unbranched alkanes of at least 4 members (excludes halogenated alkanes) is 3. The second-order valence-electron chi connectivity index (χ2n) is 4.74. The lowest BCUT2D eigenvalue weighted by Crippen LogP contribution is -2.28. The predicted molar refractivity (Wildman–Crippen MR) is 78.5 cm³/mol. The third kappa shape index (κ3) is 9.48. The Morgan fingerprint density at radius 1 is 1.15 bits per heavy atom. The van der Waals surface area contributed by atoms with Gasteiger partial charge in [-0.05, 0) is 19.8 Å². The molecule has 0 spiro atoms. The molecule has 0 aromatic carbocycles. The Kier molecular flexibility index (Phi) is 11.0. The van der Waals surface area contributed by atoms with E-state index in [2.05, 4.69) is 5.32 Å². The molecule has 0 aliphatic rings. The Hall–Kier alpha value is -0.420. The molecule has 0 heterocycles. The summed E-state index contributed by atoms with van der Waals surface area (Å²) in [6, 6.07) is 0. The average molecular weight is 309 g/mol. The van der Waals surface area contributed by atoms with Crippen molar-refractivity contribution in [1.29, 1.82) is 0 Å². The van der Waals surface area contributed by atoms with Crippen LogP contribution in [0.5, 0.6) is 0 Å². The molecule has 0 rings (SSSR count). The lowest BCUT2D eigenvalue weighted by atomic mass is 10.2. The van der Waals surface area contributed by atoms with Gasteiger partial charge in [0.1, 0.15) is 0 Å². The summed E-state index contributed by atoms with van der Waals surface area (Å²) in [5.41, 5.74) is 0. The summed E-state index contributed by atoms with van der Waals surface area (Å²) < 4.78 is 26.6. The van der Waals surface area contributed by atoms with E-state index in [4.69, 9.17) is 13.6 Å². The fourth-order valence-electron chi connectivity index (χ4n) is 1.47. The van der Waals surface area contributed by atoms with Crippen molar-refractivity contribution in [2.75, 3.05) is 26.9 Å². The molecule has 0 bridgehead atoms. The van der Waals surface area contributed by atoms with Crippen LogP contribution in [0.4, 0.5) is 0 Å². The topological polar surface area (TPSA) is 73.9 Å². The van der Waals surface area contributed by atoms with E-state index in [9.17, 15) is 9.36 Å². The first-order chi connectivity index (χ1) is 9.45. The van der Waals surface area contributed by atoms with Gasteiger partial charge in [-0.2, -0.15) is 0 Å². The quantitative estimate of drug-likeness (QED) is 0.443. The van der Waals surface area contributed by atoms with Crippen molar-refractivity contribution in [3.05, 3.63) is 0 Å². The maximum atomic E-state index is 11.7. The standard InChI is InChI=1S/C13H28NO5P/c1-5-18-20(16,17-4)19-11-9-7-6-8-10-14-13(15)12(2)3/h12H,5-11H2,1-4H3,(H,14,15). The lowest BCUT2D eigenvalue weighted by Gasteiger charge is -2.14. The van der Waals surface area contributed by atoms with Crippen molar-refractivity contribution in [2.45, 2.75) is 46.5 Å². The van der Waals surface area contributed by atoms with Crippen LogP contribution in [0.2, 0.25) is 0 Å². The van der Waals surface area contributed by atoms with Gasteiger partial charge in [0, 0.05) is 19.6 Å². The van der Waals surface area contributed by atoms with Gasteiger partial charge in [0.2, 0.25) is 5.91 Å². The van der Waals surface area contributed by atoms with E-state index in [1.54, 1.807) is 6.92 Å². The van der Waals surface area contributed by atoms with Gasteiger partial charge >= 0.3 is 7.82 Å². The highest BCUT2D eigenvalue weighted by Gasteiger charge is 2.23. The summed E-state index contributed by atoms with van der Waals surface area (Å²) in [4.78, 5) is 11.3. The third-order valence-electron chi connectivity index (χ3n) is 2.65. The second-order valence-corrected chi connectivity index (χ2v) is 6.52. The number of carbonyl (C=O) groups excluding carboxylic acids is 1. The molecule has 1 N–H and O–H groups in total. The molecule has 0 aromatic rings. The van der Waals surface area contributed by atoms with E-state index in [0.717, 1.165) is 25.7 Å². The summed E-state index contributed by atoms with van der Waals surface area (Å²) in [5, 5.41) is 2.87. The lowest BCUT2D eigenvalue weighted by molar-refractivity contribution is -0.123. The smallest absolute Gasteiger partial charge is 0.356 e. The van der Waals surface area contributed by atoms with Gasteiger partial charge in [-0.15, -0.1) is 0 Å². The summed E-state index contributed by atoms with van der Waals surface area (Å²) in [6.45, 7) is 6.83. The van der Waals surface area contributed by atoms with Gasteiger partial charge in [-0.3, -0.25) is 18.4 Å². The van der Waals surface area contributed by atoms with Gasteiger partial charge in [-0.1, -0.05) is 26.7 Å².